The van der Waals surface area contributed by atoms with E-state index in [-0.39, 0.29) is 6.10 Å². The van der Waals surface area contributed by atoms with Gasteiger partial charge in [0.25, 0.3) is 0 Å². The van der Waals surface area contributed by atoms with Crippen LogP contribution in [-0.2, 0) is 0 Å². The van der Waals surface area contributed by atoms with Gasteiger partial charge in [-0.3, -0.25) is 0 Å². The normalized spacial score (nSPS) is 42.0. The van der Waals surface area contributed by atoms with Gasteiger partial charge in [-0.05, 0) is 31.6 Å². The topological polar surface area (TPSA) is 32.3 Å². The van der Waals surface area contributed by atoms with Crippen LogP contribution in [0.25, 0.3) is 0 Å². The van der Waals surface area contributed by atoms with Gasteiger partial charge in [0.05, 0.1) is 6.10 Å². The Morgan fingerprint density at radius 2 is 1.73 bits per heavy atom. The fourth-order valence-corrected chi connectivity index (χ4v) is 3.33. The maximum atomic E-state index is 9.93. The van der Waals surface area contributed by atoms with Crippen molar-refractivity contribution >= 4 is 0 Å². The van der Waals surface area contributed by atoms with Gasteiger partial charge in [-0.15, -0.1) is 0 Å². The fraction of sp³-hybridized carbons (Fsp3) is 1.00. The zero-order valence-electron chi connectivity index (χ0n) is 9.91. The Bertz CT molecular complexity index is 195. The molecule has 0 aromatic heterocycles. The summed E-state index contributed by atoms with van der Waals surface area (Å²) < 4.78 is 0. The van der Waals surface area contributed by atoms with Gasteiger partial charge < -0.3 is 10.4 Å². The van der Waals surface area contributed by atoms with E-state index in [4.69, 9.17) is 0 Å². The van der Waals surface area contributed by atoms with Gasteiger partial charge in [0, 0.05) is 12.1 Å². The lowest BCUT2D eigenvalue weighted by Gasteiger charge is -2.33. The van der Waals surface area contributed by atoms with Crippen molar-refractivity contribution in [2.45, 2.75) is 76.5 Å². The van der Waals surface area contributed by atoms with Crippen LogP contribution in [0.1, 0.15) is 58.3 Å². The van der Waals surface area contributed by atoms with Crippen molar-refractivity contribution in [2.75, 3.05) is 0 Å². The van der Waals surface area contributed by atoms with E-state index in [1.54, 1.807) is 0 Å². The first-order chi connectivity index (χ1) is 7.31. The molecule has 4 atom stereocenters. The first-order valence-corrected chi connectivity index (χ1v) is 6.75. The van der Waals surface area contributed by atoms with Crippen LogP contribution >= 0.6 is 0 Å². The molecule has 2 aliphatic rings. The number of rotatable bonds is 3. The minimum Gasteiger partial charge on any atom is -0.392 e. The van der Waals surface area contributed by atoms with E-state index in [1.807, 2.05) is 0 Å². The molecule has 2 saturated carbocycles. The Morgan fingerprint density at radius 3 is 2.47 bits per heavy atom. The van der Waals surface area contributed by atoms with Crippen LogP contribution in [0, 0.1) is 5.92 Å². The maximum Gasteiger partial charge on any atom is 0.0693 e. The molecule has 88 valence electrons. The lowest BCUT2D eigenvalue weighted by molar-refractivity contribution is 0.0815. The second kappa shape index (κ2) is 5.31. The van der Waals surface area contributed by atoms with Crippen LogP contribution < -0.4 is 5.32 Å². The van der Waals surface area contributed by atoms with E-state index in [0.29, 0.717) is 12.1 Å². The molecule has 0 aromatic carbocycles. The Kier molecular flexibility index (Phi) is 4.04. The third-order valence-corrected chi connectivity index (χ3v) is 4.34. The van der Waals surface area contributed by atoms with Crippen LogP contribution in [0.4, 0.5) is 0 Å². The standard InChI is InChI=1S/C13H25NO/c1-2-10-6-5-8-11(10)14-12-7-3-4-9-13(12)15/h10-15H,2-9H2,1H3. The first kappa shape index (κ1) is 11.4. The number of hydrogen-bond acceptors (Lipinski definition) is 2. The lowest BCUT2D eigenvalue weighted by atomic mass is 9.90. The van der Waals surface area contributed by atoms with Gasteiger partial charge >= 0.3 is 0 Å². The predicted octanol–water partition coefficient (Wildman–Crippen LogP) is 2.46. The average Bonchev–Trinajstić information content (AvgIpc) is 2.69. The van der Waals surface area contributed by atoms with E-state index >= 15 is 0 Å². The number of aliphatic hydroxyl groups is 1. The van der Waals surface area contributed by atoms with Gasteiger partial charge in [0.15, 0.2) is 0 Å². The van der Waals surface area contributed by atoms with E-state index in [1.165, 1.54) is 44.9 Å². The second-order valence-corrected chi connectivity index (χ2v) is 5.33. The molecule has 0 amide bonds. The molecule has 0 radical (unpaired) electrons. The van der Waals surface area contributed by atoms with E-state index < -0.39 is 0 Å². The number of hydrogen-bond donors (Lipinski definition) is 2. The smallest absolute Gasteiger partial charge is 0.0693 e. The van der Waals surface area contributed by atoms with E-state index in [0.717, 1.165) is 12.3 Å². The van der Waals surface area contributed by atoms with Crippen LogP contribution in [0.15, 0.2) is 0 Å². The SMILES string of the molecule is CCC1CCCC1NC1CCCCC1O. The Morgan fingerprint density at radius 1 is 1.00 bits per heavy atom. The highest BCUT2D eigenvalue weighted by molar-refractivity contribution is 4.89. The molecule has 2 N–H and O–H groups in total. The van der Waals surface area contributed by atoms with Crippen LogP contribution in [0.3, 0.4) is 0 Å². The monoisotopic (exact) mass is 211 g/mol. The van der Waals surface area contributed by atoms with Crippen LogP contribution in [0.5, 0.6) is 0 Å². The summed E-state index contributed by atoms with van der Waals surface area (Å²) in [6.45, 7) is 2.29. The van der Waals surface area contributed by atoms with Gasteiger partial charge in [0.1, 0.15) is 0 Å². The summed E-state index contributed by atoms with van der Waals surface area (Å²) >= 11 is 0. The van der Waals surface area contributed by atoms with Crippen molar-refractivity contribution in [3.63, 3.8) is 0 Å². The highest BCUT2D eigenvalue weighted by Crippen LogP contribution is 2.30. The van der Waals surface area contributed by atoms with E-state index in [9.17, 15) is 5.11 Å². The number of nitrogens with one attached hydrogen (secondary N) is 1. The molecule has 2 heteroatoms. The fourth-order valence-electron chi connectivity index (χ4n) is 3.33. The van der Waals surface area contributed by atoms with Crippen molar-refractivity contribution in [1.82, 2.24) is 5.32 Å². The highest BCUT2D eigenvalue weighted by Gasteiger charge is 2.30. The summed E-state index contributed by atoms with van der Waals surface area (Å²) in [5.74, 6) is 0.860. The Balaban J connectivity index is 1.84. The second-order valence-electron chi connectivity index (χ2n) is 5.33. The molecular weight excluding hydrogens is 186 g/mol. The molecule has 2 aliphatic carbocycles. The molecule has 0 spiro atoms. The van der Waals surface area contributed by atoms with Crippen molar-refractivity contribution in [3.05, 3.63) is 0 Å². The molecule has 0 bridgehead atoms. The molecule has 15 heavy (non-hydrogen) atoms. The zero-order chi connectivity index (χ0) is 10.7. The lowest BCUT2D eigenvalue weighted by Crippen LogP contribution is -2.48. The summed E-state index contributed by atoms with van der Waals surface area (Å²) in [5, 5.41) is 13.6. The van der Waals surface area contributed by atoms with Crippen molar-refractivity contribution in [3.8, 4) is 0 Å². The van der Waals surface area contributed by atoms with Gasteiger partial charge in [0.2, 0.25) is 0 Å². The Labute approximate surface area is 93.5 Å². The van der Waals surface area contributed by atoms with E-state index in [2.05, 4.69) is 12.2 Å². The molecule has 0 heterocycles. The molecule has 0 aliphatic heterocycles. The highest BCUT2D eigenvalue weighted by atomic mass is 16.3. The Hall–Kier alpha value is -0.0800. The summed E-state index contributed by atoms with van der Waals surface area (Å²) in [7, 11) is 0. The minimum absolute atomic E-state index is 0.0862. The quantitative estimate of drug-likeness (QED) is 0.751. The van der Waals surface area contributed by atoms with Crippen molar-refractivity contribution < 1.29 is 5.11 Å². The summed E-state index contributed by atoms with van der Waals surface area (Å²) in [4.78, 5) is 0. The zero-order valence-corrected chi connectivity index (χ0v) is 9.91. The molecule has 2 nitrogen and oxygen atoms in total. The first-order valence-electron chi connectivity index (χ1n) is 6.75. The molecular formula is C13H25NO. The maximum absolute atomic E-state index is 9.93. The average molecular weight is 211 g/mol. The summed E-state index contributed by atoms with van der Waals surface area (Å²) in [5.41, 5.74) is 0. The number of aliphatic hydroxyl groups excluding tert-OH is 1. The van der Waals surface area contributed by atoms with Crippen molar-refractivity contribution in [1.29, 1.82) is 0 Å². The molecule has 0 aromatic rings. The van der Waals surface area contributed by atoms with Crippen LogP contribution in [0.2, 0.25) is 0 Å². The van der Waals surface area contributed by atoms with Crippen LogP contribution in [-0.4, -0.2) is 23.3 Å². The minimum atomic E-state index is -0.0862. The molecule has 4 unspecified atom stereocenters. The summed E-state index contributed by atoms with van der Waals surface area (Å²) in [6, 6.07) is 1.07. The van der Waals surface area contributed by atoms with Crippen molar-refractivity contribution in [2.24, 2.45) is 5.92 Å². The largest absolute Gasteiger partial charge is 0.392 e. The third-order valence-electron chi connectivity index (χ3n) is 4.34. The molecule has 2 fully saturated rings. The predicted molar refractivity (Wildman–Crippen MR) is 62.8 cm³/mol. The van der Waals surface area contributed by atoms with Gasteiger partial charge in [-0.2, -0.15) is 0 Å². The molecule has 2 rings (SSSR count). The molecule has 0 saturated heterocycles. The summed E-state index contributed by atoms with van der Waals surface area (Å²) in [6.07, 6.45) is 9.96. The van der Waals surface area contributed by atoms with Gasteiger partial charge in [-0.25, -0.2) is 0 Å². The van der Waals surface area contributed by atoms with Gasteiger partial charge in [-0.1, -0.05) is 32.6 Å². The third kappa shape index (κ3) is 2.73.